The SMILES string of the molecule is O=C1C=CC(=O)C2C1C1(Cl)C(=O)C2(Cl)C(Cl)=C1Cl. The molecule has 3 rings (SSSR count). The van der Waals surface area contributed by atoms with E-state index >= 15 is 0 Å². The van der Waals surface area contributed by atoms with Crippen LogP contribution in [0.25, 0.3) is 0 Å². The van der Waals surface area contributed by atoms with Gasteiger partial charge in [0, 0.05) is 0 Å². The Hall–Kier alpha value is -0.350. The molecule has 1 saturated carbocycles. The van der Waals surface area contributed by atoms with Crippen molar-refractivity contribution in [2.45, 2.75) is 9.75 Å². The van der Waals surface area contributed by atoms with Crippen LogP contribution in [-0.4, -0.2) is 27.1 Å². The minimum Gasteiger partial charge on any atom is -0.295 e. The van der Waals surface area contributed by atoms with Crippen LogP contribution in [0, 0.1) is 11.8 Å². The molecule has 0 aromatic carbocycles. The second kappa shape index (κ2) is 3.40. The number of carbonyl (C=O) groups is 3. The fourth-order valence-corrected chi connectivity index (χ4v) is 4.69. The first-order valence-corrected chi connectivity index (χ1v) is 6.53. The molecule has 3 nitrogen and oxygen atoms in total. The molecular weight excluding hydrogens is 322 g/mol. The fourth-order valence-electron chi connectivity index (χ4n) is 2.89. The van der Waals surface area contributed by atoms with Crippen molar-refractivity contribution in [1.29, 1.82) is 0 Å². The molecule has 3 aliphatic rings. The number of carbonyl (C=O) groups excluding carboxylic acids is 3. The number of fused-ring (bicyclic) bond motifs is 5. The second-order valence-electron chi connectivity index (χ2n) is 4.47. The Morgan fingerprint density at radius 2 is 1.17 bits per heavy atom. The Bertz CT molecular complexity index is 545. The highest BCUT2D eigenvalue weighted by Crippen LogP contribution is 2.66. The molecular formula is C11H4Cl4O3. The van der Waals surface area contributed by atoms with Crippen LogP contribution in [0.5, 0.6) is 0 Å². The Morgan fingerprint density at radius 1 is 0.833 bits per heavy atom. The summed E-state index contributed by atoms with van der Waals surface area (Å²) in [5.74, 6) is -3.71. The van der Waals surface area contributed by atoms with Crippen LogP contribution < -0.4 is 0 Å². The van der Waals surface area contributed by atoms with Gasteiger partial charge in [-0.2, -0.15) is 0 Å². The third-order valence-corrected chi connectivity index (χ3v) is 6.16. The topological polar surface area (TPSA) is 51.2 Å². The largest absolute Gasteiger partial charge is 0.295 e. The number of ketones is 3. The van der Waals surface area contributed by atoms with Gasteiger partial charge in [0.15, 0.2) is 27.1 Å². The van der Waals surface area contributed by atoms with Gasteiger partial charge in [-0.3, -0.25) is 14.4 Å². The Labute approximate surface area is 122 Å². The van der Waals surface area contributed by atoms with Crippen molar-refractivity contribution in [2.75, 3.05) is 0 Å². The highest BCUT2D eigenvalue weighted by atomic mass is 35.5. The zero-order chi connectivity index (χ0) is 13.5. The summed E-state index contributed by atoms with van der Waals surface area (Å²) >= 11 is 24.3. The molecule has 4 atom stereocenters. The molecule has 0 aromatic rings. The normalized spacial score (nSPS) is 46.1. The molecule has 0 amide bonds. The van der Waals surface area contributed by atoms with E-state index in [4.69, 9.17) is 46.4 Å². The van der Waals surface area contributed by atoms with Crippen LogP contribution in [0.2, 0.25) is 0 Å². The highest BCUT2D eigenvalue weighted by molar-refractivity contribution is 6.64. The lowest BCUT2D eigenvalue weighted by atomic mass is 9.74. The molecule has 0 spiro atoms. The maximum absolute atomic E-state index is 12.3. The molecule has 0 heterocycles. The van der Waals surface area contributed by atoms with E-state index < -0.39 is 38.9 Å². The van der Waals surface area contributed by atoms with Crippen molar-refractivity contribution in [3.8, 4) is 0 Å². The minimum absolute atomic E-state index is 0.150. The molecule has 0 aliphatic heterocycles. The summed E-state index contributed by atoms with van der Waals surface area (Å²) in [6.07, 6.45) is 2.19. The van der Waals surface area contributed by atoms with E-state index in [9.17, 15) is 14.4 Å². The third kappa shape index (κ3) is 1.05. The second-order valence-corrected chi connectivity index (χ2v) is 6.42. The molecule has 1 fully saturated rings. The maximum atomic E-state index is 12.3. The number of Topliss-reactive ketones (excluding diaryl/α,β-unsaturated/α-hetero) is 1. The summed E-state index contributed by atoms with van der Waals surface area (Å²) in [4.78, 5) is 32.5. The van der Waals surface area contributed by atoms with Gasteiger partial charge in [-0.05, 0) is 12.2 Å². The van der Waals surface area contributed by atoms with Crippen molar-refractivity contribution in [1.82, 2.24) is 0 Å². The van der Waals surface area contributed by atoms with Gasteiger partial charge in [0.1, 0.15) is 0 Å². The van der Waals surface area contributed by atoms with E-state index in [0.29, 0.717) is 0 Å². The highest BCUT2D eigenvalue weighted by Gasteiger charge is 2.78. The summed E-state index contributed by atoms with van der Waals surface area (Å²) in [7, 11) is 0. The molecule has 7 heteroatoms. The van der Waals surface area contributed by atoms with Gasteiger partial charge >= 0.3 is 0 Å². The smallest absolute Gasteiger partial charge is 0.187 e. The average Bonchev–Trinajstić information content (AvgIpc) is 2.59. The fraction of sp³-hybridized carbons (Fsp3) is 0.364. The van der Waals surface area contributed by atoms with Crippen LogP contribution in [0.15, 0.2) is 22.2 Å². The standard InChI is InChI=1S/C11H4Cl4O3/c12-7-8(13)11(15)6-4(17)2-1-3(16)5(6)10(7,14)9(11)18/h1-2,5-6H. The summed E-state index contributed by atoms with van der Waals surface area (Å²) < 4.78 is 0. The molecule has 0 N–H and O–H groups in total. The first-order chi connectivity index (χ1) is 8.27. The maximum Gasteiger partial charge on any atom is 0.187 e. The number of alkyl halides is 2. The summed E-state index contributed by atoms with van der Waals surface area (Å²) in [5.41, 5.74) is 0. The van der Waals surface area contributed by atoms with E-state index in [1.165, 1.54) is 0 Å². The first-order valence-electron chi connectivity index (χ1n) is 5.02. The average molecular weight is 326 g/mol. The summed E-state index contributed by atoms with van der Waals surface area (Å²) in [5, 5.41) is -0.299. The third-order valence-electron chi connectivity index (χ3n) is 3.71. The van der Waals surface area contributed by atoms with Gasteiger partial charge in [0.2, 0.25) is 0 Å². The van der Waals surface area contributed by atoms with Gasteiger partial charge in [-0.15, -0.1) is 23.2 Å². The zero-order valence-corrected chi connectivity index (χ0v) is 11.6. The summed E-state index contributed by atoms with van der Waals surface area (Å²) in [6.45, 7) is 0. The van der Waals surface area contributed by atoms with Gasteiger partial charge in [0.25, 0.3) is 0 Å². The molecule has 4 unspecified atom stereocenters. The lowest BCUT2D eigenvalue weighted by Gasteiger charge is -2.34. The number of allylic oxidation sites excluding steroid dienone is 4. The number of halogens is 4. The van der Waals surface area contributed by atoms with Crippen molar-refractivity contribution < 1.29 is 14.4 Å². The van der Waals surface area contributed by atoms with Crippen molar-refractivity contribution in [3.05, 3.63) is 22.2 Å². The van der Waals surface area contributed by atoms with Gasteiger partial charge in [-0.1, -0.05) is 23.2 Å². The zero-order valence-electron chi connectivity index (χ0n) is 8.55. The van der Waals surface area contributed by atoms with Crippen LogP contribution in [0.3, 0.4) is 0 Å². The Morgan fingerprint density at radius 3 is 1.50 bits per heavy atom. The van der Waals surface area contributed by atoms with Gasteiger partial charge in [0.05, 0.1) is 21.9 Å². The Balaban J connectivity index is 2.35. The molecule has 0 radical (unpaired) electrons. The van der Waals surface area contributed by atoms with Crippen LogP contribution >= 0.6 is 46.4 Å². The molecule has 94 valence electrons. The van der Waals surface area contributed by atoms with Crippen LogP contribution in [0.4, 0.5) is 0 Å². The van der Waals surface area contributed by atoms with E-state index in [1.54, 1.807) is 0 Å². The minimum atomic E-state index is -1.80. The van der Waals surface area contributed by atoms with Crippen molar-refractivity contribution in [2.24, 2.45) is 11.8 Å². The Kier molecular flexibility index (Phi) is 2.39. The predicted molar refractivity (Wildman–Crippen MR) is 67.0 cm³/mol. The number of hydrogen-bond acceptors (Lipinski definition) is 3. The summed E-state index contributed by atoms with van der Waals surface area (Å²) in [6, 6.07) is 0. The van der Waals surface area contributed by atoms with Crippen molar-refractivity contribution in [3.63, 3.8) is 0 Å². The van der Waals surface area contributed by atoms with Crippen molar-refractivity contribution >= 4 is 63.8 Å². The lowest BCUT2D eigenvalue weighted by Crippen LogP contribution is -2.46. The molecule has 2 bridgehead atoms. The van der Waals surface area contributed by atoms with Crippen LogP contribution in [0.1, 0.15) is 0 Å². The quantitative estimate of drug-likeness (QED) is 0.641. The lowest BCUT2D eigenvalue weighted by molar-refractivity contribution is -0.128. The van der Waals surface area contributed by atoms with E-state index in [0.717, 1.165) is 12.2 Å². The molecule has 18 heavy (non-hydrogen) atoms. The first kappa shape index (κ1) is 12.7. The number of hydrogen-bond donors (Lipinski definition) is 0. The van der Waals surface area contributed by atoms with E-state index in [2.05, 4.69) is 0 Å². The van der Waals surface area contributed by atoms with Gasteiger partial charge in [-0.25, -0.2) is 0 Å². The molecule has 0 aromatic heterocycles. The predicted octanol–water partition coefficient (Wildman–Crippen LogP) is 2.17. The van der Waals surface area contributed by atoms with Gasteiger partial charge < -0.3 is 0 Å². The van der Waals surface area contributed by atoms with E-state index in [1.807, 2.05) is 0 Å². The number of rotatable bonds is 0. The molecule has 0 saturated heterocycles. The van der Waals surface area contributed by atoms with Crippen LogP contribution in [-0.2, 0) is 14.4 Å². The molecule has 3 aliphatic carbocycles. The monoisotopic (exact) mass is 324 g/mol. The van der Waals surface area contributed by atoms with E-state index in [-0.39, 0.29) is 10.1 Å².